The Morgan fingerprint density at radius 1 is 1.26 bits per heavy atom. The van der Waals surface area contributed by atoms with Crippen LogP contribution in [0.4, 0.5) is 5.95 Å². The van der Waals surface area contributed by atoms with Gasteiger partial charge in [0.1, 0.15) is 11.1 Å². The Kier molecular flexibility index (Phi) is 6.67. The Bertz CT molecular complexity index is 1450. The molecule has 4 heterocycles. The van der Waals surface area contributed by atoms with Gasteiger partial charge in [0.05, 0.1) is 42.7 Å². The highest BCUT2D eigenvalue weighted by Crippen LogP contribution is 2.45. The summed E-state index contributed by atoms with van der Waals surface area (Å²) in [5, 5.41) is 19.1. The van der Waals surface area contributed by atoms with E-state index in [0.29, 0.717) is 35.2 Å². The smallest absolute Gasteiger partial charge is 0.275 e. The predicted octanol–water partition coefficient (Wildman–Crippen LogP) is 2.75. The van der Waals surface area contributed by atoms with E-state index in [1.807, 2.05) is 26.0 Å². The molecule has 0 bridgehead atoms. The van der Waals surface area contributed by atoms with Crippen molar-refractivity contribution in [3.8, 4) is 17.6 Å². The first-order valence-corrected chi connectivity index (χ1v) is 12.7. The molecule has 3 atom stereocenters. The first kappa shape index (κ1) is 25.5. The summed E-state index contributed by atoms with van der Waals surface area (Å²) in [5.74, 6) is 0.162. The molecule has 11 nitrogen and oxygen atoms in total. The van der Waals surface area contributed by atoms with Gasteiger partial charge in [0, 0.05) is 19.2 Å². The summed E-state index contributed by atoms with van der Waals surface area (Å²) >= 11 is 6.31. The zero-order chi connectivity index (χ0) is 27.1. The monoisotopic (exact) mass is 534 g/mol. The zero-order valence-electron chi connectivity index (χ0n) is 21.4. The number of halogens is 1. The van der Waals surface area contributed by atoms with Crippen LogP contribution in [0.25, 0.3) is 5.69 Å². The number of alkyl halides is 1. The number of ether oxygens (including phenoxy) is 1. The molecule has 1 saturated heterocycles. The number of carbonyl (C=O) groups is 2. The summed E-state index contributed by atoms with van der Waals surface area (Å²) in [6.45, 7) is 4.35. The number of nitrogens with zero attached hydrogens (tertiary/aromatic N) is 6. The van der Waals surface area contributed by atoms with Crippen molar-refractivity contribution in [1.29, 1.82) is 5.26 Å². The number of rotatable bonds is 6. The van der Waals surface area contributed by atoms with E-state index < -0.39 is 11.4 Å². The predicted molar refractivity (Wildman–Crippen MR) is 140 cm³/mol. The van der Waals surface area contributed by atoms with Crippen LogP contribution < -0.4 is 15.4 Å². The Labute approximate surface area is 224 Å². The number of piperidine rings is 1. The Balaban J connectivity index is 1.71. The van der Waals surface area contributed by atoms with E-state index in [-0.39, 0.29) is 30.3 Å². The van der Waals surface area contributed by atoms with Gasteiger partial charge >= 0.3 is 0 Å². The molecule has 2 aliphatic rings. The summed E-state index contributed by atoms with van der Waals surface area (Å²) in [6.07, 6.45) is 1.93. The lowest BCUT2D eigenvalue weighted by molar-refractivity contribution is -0.122. The van der Waals surface area contributed by atoms with E-state index in [1.165, 1.54) is 7.11 Å². The Morgan fingerprint density at radius 3 is 2.61 bits per heavy atom. The van der Waals surface area contributed by atoms with Gasteiger partial charge in [-0.1, -0.05) is 26.0 Å². The molecule has 0 saturated carbocycles. The van der Waals surface area contributed by atoms with E-state index in [4.69, 9.17) is 21.4 Å². The summed E-state index contributed by atoms with van der Waals surface area (Å²) < 4.78 is 7.23. The van der Waals surface area contributed by atoms with Gasteiger partial charge < -0.3 is 20.3 Å². The van der Waals surface area contributed by atoms with Crippen molar-refractivity contribution < 1.29 is 14.3 Å². The number of benzene rings is 1. The summed E-state index contributed by atoms with van der Waals surface area (Å²) in [7, 11) is 3.23. The van der Waals surface area contributed by atoms with Gasteiger partial charge in [-0.3, -0.25) is 9.59 Å². The number of methoxy groups -OCH3 is 1. The first-order valence-electron chi connectivity index (χ1n) is 12.3. The largest absolute Gasteiger partial charge is 0.479 e. The third-order valence-corrected chi connectivity index (χ3v) is 7.28. The van der Waals surface area contributed by atoms with Gasteiger partial charge in [-0.2, -0.15) is 15.3 Å². The lowest BCUT2D eigenvalue weighted by Gasteiger charge is -2.38. The van der Waals surface area contributed by atoms with E-state index >= 15 is 0 Å². The molecular formula is C26H27ClN8O3. The maximum absolute atomic E-state index is 14.0. The number of amides is 2. The number of hydrogen-bond acceptors (Lipinski definition) is 8. The van der Waals surface area contributed by atoms with Crippen LogP contribution in [0, 0.1) is 11.3 Å². The molecule has 12 heteroatoms. The minimum Gasteiger partial charge on any atom is -0.479 e. The van der Waals surface area contributed by atoms with Crippen LogP contribution in [-0.2, 0) is 4.79 Å². The van der Waals surface area contributed by atoms with Gasteiger partial charge in [0.2, 0.25) is 17.7 Å². The van der Waals surface area contributed by atoms with Crippen molar-refractivity contribution in [3.05, 3.63) is 58.5 Å². The normalized spacial score (nSPS) is 20.8. The van der Waals surface area contributed by atoms with Crippen molar-refractivity contribution in [1.82, 2.24) is 30.0 Å². The SMILES string of the molecule is CNc1ncc(-n2nc3c(c2C(C)C)C(c2ccc(C#N)cc2)N(C2CNC(=O)C(Cl)C2)C3=O)c(OC)n1. The first-order chi connectivity index (χ1) is 18.3. The van der Waals surface area contributed by atoms with Gasteiger partial charge in [0.15, 0.2) is 5.69 Å². The second kappa shape index (κ2) is 9.95. The quantitative estimate of drug-likeness (QED) is 0.460. The van der Waals surface area contributed by atoms with Gasteiger partial charge in [-0.25, -0.2) is 9.67 Å². The molecule has 0 radical (unpaired) electrons. The van der Waals surface area contributed by atoms with Gasteiger partial charge in [-0.05, 0) is 30.0 Å². The number of hydrogen-bond donors (Lipinski definition) is 2. The average Bonchev–Trinajstić information content (AvgIpc) is 3.45. The molecule has 5 rings (SSSR count). The second-order valence-corrected chi connectivity index (χ2v) is 10.0. The van der Waals surface area contributed by atoms with E-state index in [1.54, 1.807) is 35.0 Å². The number of aromatic nitrogens is 4. The minimum absolute atomic E-state index is 0.0413. The zero-order valence-corrected chi connectivity index (χ0v) is 22.2. The van der Waals surface area contributed by atoms with Gasteiger partial charge in [0.25, 0.3) is 5.91 Å². The van der Waals surface area contributed by atoms with Crippen molar-refractivity contribution >= 4 is 29.4 Å². The number of anilines is 1. The van der Waals surface area contributed by atoms with Crippen molar-refractivity contribution in [2.45, 2.75) is 43.6 Å². The van der Waals surface area contributed by atoms with E-state index in [2.05, 4.69) is 26.7 Å². The summed E-state index contributed by atoms with van der Waals surface area (Å²) in [6, 6.07) is 8.48. The maximum Gasteiger partial charge on any atom is 0.275 e. The summed E-state index contributed by atoms with van der Waals surface area (Å²) in [5.41, 5.74) is 3.74. The van der Waals surface area contributed by atoms with E-state index in [9.17, 15) is 14.9 Å². The fraction of sp³-hybridized carbons (Fsp3) is 0.385. The topological polar surface area (TPSA) is 138 Å². The number of nitriles is 1. The van der Waals surface area contributed by atoms with Crippen LogP contribution in [0.15, 0.2) is 30.5 Å². The van der Waals surface area contributed by atoms with Crippen LogP contribution in [0.3, 0.4) is 0 Å². The van der Waals surface area contributed by atoms with Crippen LogP contribution in [0.2, 0.25) is 0 Å². The lowest BCUT2D eigenvalue weighted by atomic mass is 9.92. The third kappa shape index (κ3) is 4.11. The van der Waals surface area contributed by atoms with Crippen molar-refractivity contribution in [2.75, 3.05) is 26.0 Å². The molecule has 3 unspecified atom stereocenters. The van der Waals surface area contributed by atoms with E-state index in [0.717, 1.165) is 16.8 Å². The number of fused-ring (bicyclic) bond motifs is 1. The Morgan fingerprint density at radius 2 is 2.00 bits per heavy atom. The highest BCUT2D eigenvalue weighted by atomic mass is 35.5. The molecule has 38 heavy (non-hydrogen) atoms. The molecule has 196 valence electrons. The number of carbonyl (C=O) groups excluding carboxylic acids is 2. The fourth-order valence-electron chi connectivity index (χ4n) is 5.18. The maximum atomic E-state index is 14.0. The Hall–Kier alpha value is -4.17. The minimum atomic E-state index is -0.743. The molecular weight excluding hydrogens is 508 g/mol. The van der Waals surface area contributed by atoms with Crippen LogP contribution in [0.1, 0.15) is 65.1 Å². The number of nitrogens with one attached hydrogen (secondary N) is 2. The highest BCUT2D eigenvalue weighted by molar-refractivity contribution is 6.31. The molecule has 0 spiro atoms. The molecule has 2 N–H and O–H groups in total. The standard InChI is InChI=1S/C26H27ClN8O3/c1-13(2)21-19-20(33-35(21)18-12-31-26(29-3)32-24(18)38-4)25(37)34(16-9-17(27)23(36)30-11-16)22(19)15-7-5-14(10-28)6-8-15/h5-8,12-13,16-17,22H,9,11H2,1-4H3,(H,30,36)(H,29,31,32). The molecule has 1 fully saturated rings. The second-order valence-electron chi connectivity index (χ2n) is 9.50. The van der Waals surface area contributed by atoms with Crippen molar-refractivity contribution in [3.63, 3.8) is 0 Å². The lowest BCUT2D eigenvalue weighted by Crippen LogP contribution is -2.53. The average molecular weight is 535 g/mol. The molecule has 0 aliphatic carbocycles. The van der Waals surface area contributed by atoms with Crippen LogP contribution in [-0.4, -0.2) is 68.6 Å². The molecule has 3 aromatic rings. The summed E-state index contributed by atoms with van der Waals surface area (Å²) in [4.78, 5) is 36.6. The molecule has 2 aliphatic heterocycles. The van der Waals surface area contributed by atoms with Crippen molar-refractivity contribution in [2.24, 2.45) is 0 Å². The molecule has 2 amide bonds. The van der Waals surface area contributed by atoms with Gasteiger partial charge in [-0.15, -0.1) is 11.6 Å². The van der Waals surface area contributed by atoms with Crippen LogP contribution >= 0.6 is 11.6 Å². The third-order valence-electron chi connectivity index (χ3n) is 6.90. The molecule has 2 aromatic heterocycles. The fourth-order valence-corrected chi connectivity index (χ4v) is 5.46. The van der Waals surface area contributed by atoms with Crippen LogP contribution in [0.5, 0.6) is 5.88 Å². The highest BCUT2D eigenvalue weighted by Gasteiger charge is 2.48. The molecule has 1 aromatic carbocycles.